The lowest BCUT2D eigenvalue weighted by Gasteiger charge is -2.11. The Balaban J connectivity index is 2.90. The predicted molar refractivity (Wildman–Crippen MR) is 78.7 cm³/mol. The molecule has 0 spiro atoms. The summed E-state index contributed by atoms with van der Waals surface area (Å²) in [6.45, 7) is 1.26. The van der Waals surface area contributed by atoms with Gasteiger partial charge in [-0.1, -0.05) is 11.6 Å². The van der Waals surface area contributed by atoms with Crippen molar-refractivity contribution in [2.45, 2.75) is 12.2 Å². The Kier molecular flexibility index (Phi) is 5.34. The van der Waals surface area contributed by atoms with E-state index in [1.165, 1.54) is 31.2 Å². The van der Waals surface area contributed by atoms with E-state index in [-0.39, 0.29) is 5.56 Å². The first-order chi connectivity index (χ1) is 9.03. The van der Waals surface area contributed by atoms with Crippen molar-refractivity contribution >= 4 is 37.1 Å². The fourth-order valence-corrected chi connectivity index (χ4v) is 4.54. The molecule has 1 rings (SSSR count). The highest BCUT2D eigenvalue weighted by atomic mass is 35.5. The molecule has 5 nitrogen and oxygen atoms in total. The lowest BCUT2D eigenvalue weighted by Crippen LogP contribution is -2.31. The summed E-state index contributed by atoms with van der Waals surface area (Å²) in [5, 5.41) is -0.848. The Morgan fingerprint density at radius 3 is 2.05 bits per heavy atom. The zero-order valence-electron chi connectivity index (χ0n) is 11.0. The number of halogens is 1. The largest absolute Gasteiger partial charge is 0.293 e. The second-order valence-corrected chi connectivity index (χ2v) is 9.65. The summed E-state index contributed by atoms with van der Waals surface area (Å²) in [6, 6.07) is 5.86. The molecule has 0 saturated carbocycles. The monoisotopic (exact) mass is 338 g/mol. The van der Waals surface area contributed by atoms with Gasteiger partial charge < -0.3 is 0 Å². The highest BCUT2D eigenvalue weighted by Crippen LogP contribution is 2.15. The predicted octanol–water partition coefficient (Wildman–Crippen LogP) is 1.37. The molecular formula is C12H15ClO5S2. The van der Waals surface area contributed by atoms with Gasteiger partial charge in [-0.25, -0.2) is 16.8 Å². The highest BCUT2D eigenvalue weighted by molar-refractivity contribution is 7.95. The van der Waals surface area contributed by atoms with E-state index >= 15 is 0 Å². The first-order valence-electron chi connectivity index (χ1n) is 5.72. The van der Waals surface area contributed by atoms with E-state index in [0.717, 1.165) is 6.26 Å². The van der Waals surface area contributed by atoms with Crippen LogP contribution in [0, 0.1) is 0 Å². The van der Waals surface area contributed by atoms with Crippen LogP contribution in [0.25, 0.3) is 0 Å². The van der Waals surface area contributed by atoms with E-state index in [4.69, 9.17) is 11.6 Å². The maximum Gasteiger partial charge on any atom is 0.180 e. The molecule has 0 aliphatic rings. The minimum atomic E-state index is -3.81. The van der Waals surface area contributed by atoms with Crippen LogP contribution in [-0.4, -0.2) is 45.6 Å². The number of carbonyl (C=O) groups excluding carboxylic acids is 1. The zero-order chi connectivity index (χ0) is 15.6. The fourth-order valence-electron chi connectivity index (χ4n) is 1.46. The minimum absolute atomic E-state index is 0.227. The van der Waals surface area contributed by atoms with Crippen LogP contribution in [0.15, 0.2) is 24.3 Å². The maximum atomic E-state index is 12.1. The van der Waals surface area contributed by atoms with E-state index in [1.807, 2.05) is 0 Å². The van der Waals surface area contributed by atoms with Gasteiger partial charge in [-0.2, -0.15) is 0 Å². The molecular weight excluding hydrogens is 324 g/mol. The Morgan fingerprint density at radius 2 is 1.60 bits per heavy atom. The molecule has 1 aromatic carbocycles. The third-order valence-electron chi connectivity index (χ3n) is 2.78. The molecule has 0 amide bonds. The van der Waals surface area contributed by atoms with E-state index in [1.54, 1.807) is 0 Å². The Bertz CT molecular complexity index is 690. The third-order valence-corrected chi connectivity index (χ3v) is 6.30. The molecule has 0 N–H and O–H groups in total. The van der Waals surface area contributed by atoms with Gasteiger partial charge in [0.1, 0.15) is 15.1 Å². The molecule has 0 radical (unpaired) electrons. The van der Waals surface area contributed by atoms with Crippen molar-refractivity contribution in [3.8, 4) is 0 Å². The van der Waals surface area contributed by atoms with Crippen LogP contribution in [0.5, 0.6) is 0 Å². The highest BCUT2D eigenvalue weighted by Gasteiger charge is 2.29. The molecule has 1 unspecified atom stereocenters. The molecule has 1 atom stereocenters. The van der Waals surface area contributed by atoms with Gasteiger partial charge in [0, 0.05) is 16.8 Å². The van der Waals surface area contributed by atoms with Crippen molar-refractivity contribution in [3.05, 3.63) is 34.9 Å². The van der Waals surface area contributed by atoms with E-state index in [0.29, 0.717) is 5.02 Å². The summed E-state index contributed by atoms with van der Waals surface area (Å²) in [5.74, 6) is -1.63. The summed E-state index contributed by atoms with van der Waals surface area (Å²) in [5.41, 5.74) is 0.227. The summed E-state index contributed by atoms with van der Waals surface area (Å²) in [6.07, 6.45) is 0.953. The standard InChI is InChI=1S/C12H15ClO5S2/c1-9(20(17,18)8-7-19(2,15)16)12(14)10-3-5-11(13)6-4-10/h3-6,9H,7-8H2,1-2H3. The van der Waals surface area contributed by atoms with Crippen LogP contribution in [-0.2, 0) is 19.7 Å². The van der Waals surface area contributed by atoms with Crippen molar-refractivity contribution in [1.82, 2.24) is 0 Å². The maximum absolute atomic E-state index is 12.1. The molecule has 0 saturated heterocycles. The molecule has 1 aromatic rings. The average Bonchev–Trinajstić information content (AvgIpc) is 2.35. The Morgan fingerprint density at radius 1 is 1.10 bits per heavy atom. The normalized spacial score (nSPS) is 13.9. The average molecular weight is 339 g/mol. The summed E-state index contributed by atoms with van der Waals surface area (Å²) < 4.78 is 45.9. The van der Waals surface area contributed by atoms with Crippen LogP contribution >= 0.6 is 11.6 Å². The van der Waals surface area contributed by atoms with Gasteiger partial charge >= 0.3 is 0 Å². The second kappa shape index (κ2) is 6.24. The van der Waals surface area contributed by atoms with Gasteiger partial charge in [0.05, 0.1) is 11.5 Å². The minimum Gasteiger partial charge on any atom is -0.293 e. The molecule has 0 aliphatic carbocycles. The lowest BCUT2D eigenvalue weighted by molar-refractivity contribution is 0.0991. The van der Waals surface area contributed by atoms with E-state index < -0.39 is 42.2 Å². The Hall–Kier alpha value is -0.920. The molecule has 8 heteroatoms. The van der Waals surface area contributed by atoms with Gasteiger partial charge in [-0.3, -0.25) is 4.79 Å². The lowest BCUT2D eigenvalue weighted by atomic mass is 10.1. The first kappa shape index (κ1) is 17.1. The summed E-state index contributed by atoms with van der Waals surface area (Å²) in [7, 11) is -7.21. The van der Waals surface area contributed by atoms with Crippen LogP contribution in [0.1, 0.15) is 17.3 Å². The number of benzene rings is 1. The van der Waals surface area contributed by atoms with Gasteiger partial charge in [-0.15, -0.1) is 0 Å². The van der Waals surface area contributed by atoms with Crippen molar-refractivity contribution in [3.63, 3.8) is 0 Å². The van der Waals surface area contributed by atoms with Gasteiger partial charge in [0.15, 0.2) is 15.6 Å². The molecule has 112 valence electrons. The summed E-state index contributed by atoms with van der Waals surface area (Å²) in [4.78, 5) is 12.1. The number of hydrogen-bond donors (Lipinski definition) is 0. The molecule has 0 fully saturated rings. The number of rotatable bonds is 6. The van der Waals surface area contributed by atoms with Gasteiger partial charge in [0.2, 0.25) is 0 Å². The van der Waals surface area contributed by atoms with Crippen LogP contribution in [0.4, 0.5) is 0 Å². The molecule has 0 heterocycles. The topological polar surface area (TPSA) is 85.3 Å². The van der Waals surface area contributed by atoms with Crippen molar-refractivity contribution in [2.24, 2.45) is 0 Å². The van der Waals surface area contributed by atoms with Gasteiger partial charge in [-0.05, 0) is 31.2 Å². The first-order valence-corrected chi connectivity index (χ1v) is 9.87. The quantitative estimate of drug-likeness (QED) is 0.731. The fraction of sp³-hybridized carbons (Fsp3) is 0.417. The van der Waals surface area contributed by atoms with E-state index in [9.17, 15) is 21.6 Å². The SMILES string of the molecule is CC(C(=O)c1ccc(Cl)cc1)S(=O)(=O)CCS(C)(=O)=O. The summed E-state index contributed by atoms with van der Waals surface area (Å²) >= 11 is 5.69. The van der Waals surface area contributed by atoms with Crippen molar-refractivity contribution in [2.75, 3.05) is 17.8 Å². The van der Waals surface area contributed by atoms with Crippen molar-refractivity contribution in [1.29, 1.82) is 0 Å². The molecule has 0 aliphatic heterocycles. The molecule has 0 bridgehead atoms. The second-order valence-electron chi connectivity index (χ2n) is 4.51. The van der Waals surface area contributed by atoms with Crippen LogP contribution in [0.3, 0.4) is 0 Å². The molecule has 20 heavy (non-hydrogen) atoms. The zero-order valence-corrected chi connectivity index (χ0v) is 13.4. The van der Waals surface area contributed by atoms with Gasteiger partial charge in [0.25, 0.3) is 0 Å². The smallest absolute Gasteiger partial charge is 0.180 e. The van der Waals surface area contributed by atoms with Crippen LogP contribution < -0.4 is 0 Å². The number of sulfone groups is 2. The van der Waals surface area contributed by atoms with E-state index in [2.05, 4.69) is 0 Å². The molecule has 0 aromatic heterocycles. The number of carbonyl (C=O) groups is 1. The Labute approximate surface area is 123 Å². The third kappa shape index (κ3) is 4.88. The number of hydrogen-bond acceptors (Lipinski definition) is 5. The van der Waals surface area contributed by atoms with Crippen molar-refractivity contribution < 1.29 is 21.6 Å². The number of ketones is 1. The van der Waals surface area contributed by atoms with Crippen LogP contribution in [0.2, 0.25) is 5.02 Å². The number of Topliss-reactive ketones (excluding diaryl/α,β-unsaturated/α-hetero) is 1.